The summed E-state index contributed by atoms with van der Waals surface area (Å²) in [5.41, 5.74) is 1.57. The zero-order valence-electron chi connectivity index (χ0n) is 10.6. The van der Waals surface area contributed by atoms with Crippen molar-refractivity contribution in [3.05, 3.63) is 12.3 Å². The minimum absolute atomic E-state index is 0.252. The predicted molar refractivity (Wildman–Crippen MR) is 66.8 cm³/mol. The van der Waals surface area contributed by atoms with Crippen LogP contribution in [0.25, 0.3) is 0 Å². The van der Waals surface area contributed by atoms with Crippen LogP contribution < -0.4 is 5.32 Å². The van der Waals surface area contributed by atoms with Gasteiger partial charge in [0, 0.05) is 18.8 Å². The molecule has 0 aromatic carbocycles. The van der Waals surface area contributed by atoms with Crippen LogP contribution in [0.15, 0.2) is 12.3 Å². The van der Waals surface area contributed by atoms with Crippen LogP contribution in [0.5, 0.6) is 0 Å². The minimum atomic E-state index is 0.252. The maximum absolute atomic E-state index is 8.64. The first kappa shape index (κ1) is 14.5. The van der Waals surface area contributed by atoms with E-state index in [0.717, 1.165) is 25.1 Å². The fraction of sp³-hybridized carbons (Fsp3) is 0.846. The third-order valence-corrected chi connectivity index (χ3v) is 3.45. The maximum atomic E-state index is 8.64. The number of aliphatic hydroxyl groups is 1. The molecule has 0 fully saturated rings. The van der Waals surface area contributed by atoms with Crippen LogP contribution in [0.4, 0.5) is 0 Å². The highest BCUT2D eigenvalue weighted by molar-refractivity contribution is 4.92. The van der Waals surface area contributed by atoms with Gasteiger partial charge in [-0.3, -0.25) is 0 Å². The van der Waals surface area contributed by atoms with Crippen LogP contribution >= 0.6 is 0 Å². The predicted octanol–water partition coefficient (Wildman–Crippen LogP) is 3.08. The molecule has 15 heavy (non-hydrogen) atoms. The highest BCUT2D eigenvalue weighted by Crippen LogP contribution is 2.31. The molecule has 0 aliphatic heterocycles. The number of rotatable bonds is 9. The first-order valence-corrected chi connectivity index (χ1v) is 6.10. The van der Waals surface area contributed by atoms with Crippen molar-refractivity contribution in [1.82, 2.24) is 5.32 Å². The van der Waals surface area contributed by atoms with Crippen molar-refractivity contribution in [3.63, 3.8) is 0 Å². The molecule has 0 saturated heterocycles. The summed E-state index contributed by atoms with van der Waals surface area (Å²) in [7, 11) is 0. The van der Waals surface area contributed by atoms with Gasteiger partial charge in [0.1, 0.15) is 0 Å². The summed E-state index contributed by atoms with van der Waals surface area (Å²) in [6.45, 7) is 11.9. The van der Waals surface area contributed by atoms with Gasteiger partial charge in [0.25, 0.3) is 0 Å². The van der Waals surface area contributed by atoms with Crippen LogP contribution in [0.1, 0.15) is 52.9 Å². The third-order valence-electron chi connectivity index (χ3n) is 3.45. The Balaban J connectivity index is 3.69. The topological polar surface area (TPSA) is 32.3 Å². The Morgan fingerprint density at radius 2 is 1.93 bits per heavy atom. The van der Waals surface area contributed by atoms with E-state index in [1.54, 1.807) is 0 Å². The van der Waals surface area contributed by atoms with E-state index in [9.17, 15) is 0 Å². The molecule has 2 N–H and O–H groups in total. The van der Waals surface area contributed by atoms with Gasteiger partial charge in [-0.2, -0.15) is 0 Å². The second kappa shape index (κ2) is 7.75. The van der Waals surface area contributed by atoms with Gasteiger partial charge in [0.2, 0.25) is 0 Å². The second-order valence-corrected chi connectivity index (χ2v) is 4.63. The van der Waals surface area contributed by atoms with E-state index >= 15 is 0 Å². The second-order valence-electron chi connectivity index (χ2n) is 4.63. The third kappa shape index (κ3) is 6.56. The Kier molecular flexibility index (Phi) is 7.49. The van der Waals surface area contributed by atoms with Gasteiger partial charge in [0.15, 0.2) is 0 Å². The number of allylic oxidation sites excluding steroid dienone is 1. The van der Waals surface area contributed by atoms with Crippen molar-refractivity contribution in [1.29, 1.82) is 0 Å². The van der Waals surface area contributed by atoms with Crippen LogP contribution in [-0.4, -0.2) is 18.3 Å². The fourth-order valence-electron chi connectivity index (χ4n) is 1.49. The first-order valence-electron chi connectivity index (χ1n) is 6.10. The Morgan fingerprint density at radius 1 is 1.33 bits per heavy atom. The SMILES string of the molecule is C=C(CCC(C)(CC)CC)NCCCO. The van der Waals surface area contributed by atoms with E-state index in [2.05, 4.69) is 32.7 Å². The Hall–Kier alpha value is -0.500. The quantitative estimate of drug-likeness (QED) is 0.577. The molecule has 0 amide bonds. The molecule has 0 bridgehead atoms. The van der Waals surface area contributed by atoms with Crippen LogP contribution in [0.2, 0.25) is 0 Å². The average Bonchev–Trinajstić information content (AvgIpc) is 2.26. The molecule has 0 saturated carbocycles. The summed E-state index contributed by atoms with van der Waals surface area (Å²) < 4.78 is 0. The van der Waals surface area contributed by atoms with Gasteiger partial charge >= 0.3 is 0 Å². The van der Waals surface area contributed by atoms with Crippen molar-refractivity contribution in [2.24, 2.45) is 5.41 Å². The molecule has 2 heteroatoms. The monoisotopic (exact) mass is 213 g/mol. The highest BCUT2D eigenvalue weighted by Gasteiger charge is 2.18. The molecular weight excluding hydrogens is 186 g/mol. The lowest BCUT2D eigenvalue weighted by Gasteiger charge is -2.27. The molecule has 0 aliphatic rings. The molecule has 0 spiro atoms. The molecule has 0 aliphatic carbocycles. The summed E-state index contributed by atoms with van der Waals surface area (Å²) in [5.74, 6) is 0. The molecule has 0 radical (unpaired) electrons. The maximum Gasteiger partial charge on any atom is 0.0447 e. The van der Waals surface area contributed by atoms with Gasteiger partial charge in [-0.15, -0.1) is 0 Å². The molecular formula is C13H27NO. The van der Waals surface area contributed by atoms with Gasteiger partial charge in [0.05, 0.1) is 0 Å². The fourth-order valence-corrected chi connectivity index (χ4v) is 1.49. The van der Waals surface area contributed by atoms with Gasteiger partial charge in [-0.1, -0.05) is 40.2 Å². The number of aliphatic hydroxyl groups excluding tert-OH is 1. The molecule has 0 unspecified atom stereocenters. The first-order chi connectivity index (χ1) is 7.08. The van der Waals surface area contributed by atoms with Crippen molar-refractivity contribution >= 4 is 0 Å². The van der Waals surface area contributed by atoms with Crippen molar-refractivity contribution in [2.75, 3.05) is 13.2 Å². The van der Waals surface area contributed by atoms with Crippen LogP contribution in [0.3, 0.4) is 0 Å². The van der Waals surface area contributed by atoms with Crippen molar-refractivity contribution < 1.29 is 5.11 Å². The molecule has 0 aromatic heterocycles. The molecule has 2 nitrogen and oxygen atoms in total. The lowest BCUT2D eigenvalue weighted by atomic mass is 9.80. The van der Waals surface area contributed by atoms with Gasteiger partial charge in [-0.25, -0.2) is 0 Å². The Labute approximate surface area is 94.8 Å². The van der Waals surface area contributed by atoms with Crippen LogP contribution in [-0.2, 0) is 0 Å². The summed E-state index contributed by atoms with van der Waals surface area (Å²) in [5, 5.41) is 11.9. The number of nitrogens with one attached hydrogen (secondary N) is 1. The summed E-state index contributed by atoms with van der Waals surface area (Å²) in [6.07, 6.45) is 5.51. The van der Waals surface area contributed by atoms with Crippen molar-refractivity contribution in [2.45, 2.75) is 52.9 Å². The summed E-state index contributed by atoms with van der Waals surface area (Å²) in [6, 6.07) is 0. The normalized spacial score (nSPS) is 11.5. The van der Waals surface area contributed by atoms with E-state index in [0.29, 0.717) is 5.41 Å². The van der Waals surface area contributed by atoms with E-state index < -0.39 is 0 Å². The summed E-state index contributed by atoms with van der Waals surface area (Å²) >= 11 is 0. The molecule has 0 heterocycles. The van der Waals surface area contributed by atoms with E-state index in [1.807, 2.05) is 0 Å². The van der Waals surface area contributed by atoms with E-state index in [1.165, 1.54) is 19.3 Å². The average molecular weight is 213 g/mol. The lowest BCUT2D eigenvalue weighted by molar-refractivity contribution is 0.269. The Morgan fingerprint density at radius 3 is 2.40 bits per heavy atom. The molecule has 0 atom stereocenters. The standard InChI is InChI=1S/C13H27NO/c1-5-13(4,6-2)9-8-12(3)14-10-7-11-15/h14-15H,3,5-11H2,1-2,4H3. The minimum Gasteiger partial charge on any atom is -0.396 e. The summed E-state index contributed by atoms with van der Waals surface area (Å²) in [4.78, 5) is 0. The van der Waals surface area contributed by atoms with Gasteiger partial charge < -0.3 is 10.4 Å². The zero-order valence-corrected chi connectivity index (χ0v) is 10.6. The van der Waals surface area contributed by atoms with E-state index in [4.69, 9.17) is 5.11 Å². The molecule has 90 valence electrons. The zero-order chi connectivity index (χ0) is 11.7. The van der Waals surface area contributed by atoms with Crippen molar-refractivity contribution in [3.8, 4) is 0 Å². The smallest absolute Gasteiger partial charge is 0.0447 e. The molecule has 0 rings (SSSR count). The van der Waals surface area contributed by atoms with E-state index in [-0.39, 0.29) is 6.61 Å². The largest absolute Gasteiger partial charge is 0.396 e. The molecule has 0 aromatic rings. The Bertz CT molecular complexity index is 173. The highest BCUT2D eigenvalue weighted by atomic mass is 16.3. The lowest BCUT2D eigenvalue weighted by Crippen LogP contribution is -2.19. The van der Waals surface area contributed by atoms with Crippen LogP contribution in [0, 0.1) is 5.41 Å². The number of hydrogen-bond acceptors (Lipinski definition) is 2. The van der Waals surface area contributed by atoms with Gasteiger partial charge in [-0.05, 0) is 24.7 Å². The number of hydrogen-bond donors (Lipinski definition) is 2.